The van der Waals surface area contributed by atoms with Crippen LogP contribution in [0.15, 0.2) is 70.3 Å². The maximum atomic E-state index is 5.31. The fourth-order valence-corrected chi connectivity index (χ4v) is 2.04. The van der Waals surface area contributed by atoms with E-state index >= 15 is 0 Å². The molecule has 5 nitrogen and oxygen atoms in total. The molecule has 0 aliphatic rings. The first-order chi connectivity index (χ1) is 11.2. The first kappa shape index (κ1) is 15.0. The fourth-order valence-electron chi connectivity index (χ4n) is 2.04. The summed E-state index contributed by atoms with van der Waals surface area (Å²) in [5.74, 6) is 1.25. The molecule has 5 heteroatoms. The smallest absolute Gasteiger partial charge is 0.229 e. The van der Waals surface area contributed by atoms with Crippen LogP contribution >= 0.6 is 0 Å². The Kier molecular flexibility index (Phi) is 4.47. The Bertz CT molecular complexity index is 779. The van der Waals surface area contributed by atoms with Crippen LogP contribution in [-0.2, 0) is 0 Å². The number of benzene rings is 2. The maximum Gasteiger partial charge on any atom is 0.229 e. The van der Waals surface area contributed by atoms with Crippen molar-refractivity contribution in [2.45, 2.75) is 19.8 Å². The van der Waals surface area contributed by atoms with Gasteiger partial charge in [0.2, 0.25) is 11.7 Å². The van der Waals surface area contributed by atoms with Crippen molar-refractivity contribution in [1.29, 1.82) is 0 Å². The Hall–Kier alpha value is -2.95. The molecule has 116 valence electrons. The van der Waals surface area contributed by atoms with Crippen LogP contribution in [0.25, 0.3) is 0 Å². The van der Waals surface area contributed by atoms with E-state index in [4.69, 9.17) is 4.52 Å². The zero-order valence-electron chi connectivity index (χ0n) is 13.1. The van der Waals surface area contributed by atoms with Crippen LogP contribution in [0.5, 0.6) is 0 Å². The Morgan fingerprint density at radius 3 is 2.26 bits per heavy atom. The summed E-state index contributed by atoms with van der Waals surface area (Å²) in [6.45, 7) is 4.03. The van der Waals surface area contributed by atoms with E-state index in [9.17, 15) is 0 Å². The quantitative estimate of drug-likeness (QED) is 0.570. The normalized spacial score (nSPS) is 11.7. The summed E-state index contributed by atoms with van der Waals surface area (Å²) >= 11 is 0. The molecule has 0 saturated carbocycles. The van der Waals surface area contributed by atoms with E-state index in [0.717, 1.165) is 11.3 Å². The highest BCUT2D eigenvalue weighted by molar-refractivity contribution is 6.10. The highest BCUT2D eigenvalue weighted by atomic mass is 16.5. The lowest BCUT2D eigenvalue weighted by atomic mass is 10.1. The summed E-state index contributed by atoms with van der Waals surface area (Å²) in [5, 5.41) is 8.56. The van der Waals surface area contributed by atoms with Crippen molar-refractivity contribution in [2.75, 3.05) is 5.43 Å². The topological polar surface area (TPSA) is 63.3 Å². The predicted octanol–water partition coefficient (Wildman–Crippen LogP) is 4.06. The van der Waals surface area contributed by atoms with Crippen molar-refractivity contribution in [3.05, 3.63) is 77.9 Å². The Balaban J connectivity index is 1.96. The van der Waals surface area contributed by atoms with Gasteiger partial charge in [-0.2, -0.15) is 10.1 Å². The minimum atomic E-state index is 0.176. The standard InChI is InChI=1S/C18H18N4O/c1-13(2)18-19-17(22-23-18)16(14-9-5-3-6-10-14)21-20-15-11-7-4-8-12-15/h3-13,20H,1-2H3/b21-16-. The zero-order valence-corrected chi connectivity index (χ0v) is 13.1. The minimum absolute atomic E-state index is 0.176. The number of nitrogens with one attached hydrogen (secondary N) is 1. The van der Waals surface area contributed by atoms with E-state index in [0.29, 0.717) is 17.4 Å². The third-order valence-corrected chi connectivity index (χ3v) is 3.27. The molecule has 0 aliphatic carbocycles. The summed E-state index contributed by atoms with van der Waals surface area (Å²) in [7, 11) is 0. The molecule has 0 radical (unpaired) electrons. The molecule has 1 heterocycles. The van der Waals surface area contributed by atoms with Gasteiger partial charge in [0.15, 0.2) is 0 Å². The molecule has 0 fully saturated rings. The molecular formula is C18H18N4O. The summed E-state index contributed by atoms with van der Waals surface area (Å²) in [4.78, 5) is 4.45. The van der Waals surface area contributed by atoms with Crippen molar-refractivity contribution in [3.63, 3.8) is 0 Å². The number of hydrazone groups is 1. The second kappa shape index (κ2) is 6.87. The van der Waals surface area contributed by atoms with Crippen molar-refractivity contribution in [3.8, 4) is 0 Å². The van der Waals surface area contributed by atoms with E-state index in [1.807, 2.05) is 74.5 Å². The van der Waals surface area contributed by atoms with E-state index in [-0.39, 0.29) is 5.92 Å². The molecule has 1 aromatic heterocycles. The summed E-state index contributed by atoms with van der Waals surface area (Å²) in [5.41, 5.74) is 5.51. The van der Waals surface area contributed by atoms with Crippen LogP contribution in [0.4, 0.5) is 5.69 Å². The molecule has 0 atom stereocenters. The van der Waals surface area contributed by atoms with Crippen molar-refractivity contribution in [1.82, 2.24) is 10.1 Å². The van der Waals surface area contributed by atoms with E-state index < -0.39 is 0 Å². The molecular weight excluding hydrogens is 288 g/mol. The molecule has 3 rings (SSSR count). The number of para-hydroxylation sites is 1. The van der Waals surface area contributed by atoms with Gasteiger partial charge in [-0.1, -0.05) is 67.5 Å². The van der Waals surface area contributed by atoms with Gasteiger partial charge in [-0.05, 0) is 12.1 Å². The van der Waals surface area contributed by atoms with Crippen molar-refractivity contribution in [2.24, 2.45) is 5.10 Å². The monoisotopic (exact) mass is 306 g/mol. The molecule has 2 aromatic carbocycles. The SMILES string of the molecule is CC(C)c1nc(/C(=N\Nc2ccccc2)c2ccccc2)no1. The Morgan fingerprint density at radius 1 is 1.00 bits per heavy atom. The van der Waals surface area contributed by atoms with Gasteiger partial charge in [-0.15, -0.1) is 0 Å². The molecule has 0 amide bonds. The highest BCUT2D eigenvalue weighted by Crippen LogP contribution is 2.15. The highest BCUT2D eigenvalue weighted by Gasteiger charge is 2.16. The van der Waals surface area contributed by atoms with Crippen LogP contribution < -0.4 is 5.43 Å². The second-order valence-corrected chi connectivity index (χ2v) is 5.42. The van der Waals surface area contributed by atoms with Crippen LogP contribution in [0.1, 0.15) is 37.0 Å². The zero-order chi connectivity index (χ0) is 16.1. The van der Waals surface area contributed by atoms with Gasteiger partial charge < -0.3 is 4.52 Å². The lowest BCUT2D eigenvalue weighted by Gasteiger charge is -2.04. The number of hydrogen-bond donors (Lipinski definition) is 1. The number of rotatable bonds is 5. The second-order valence-electron chi connectivity index (χ2n) is 5.42. The van der Waals surface area contributed by atoms with Gasteiger partial charge in [-0.3, -0.25) is 5.43 Å². The minimum Gasteiger partial charge on any atom is -0.339 e. The number of nitrogens with zero attached hydrogens (tertiary/aromatic N) is 3. The van der Waals surface area contributed by atoms with Crippen molar-refractivity contribution >= 4 is 11.4 Å². The van der Waals surface area contributed by atoms with Crippen LogP contribution in [0.2, 0.25) is 0 Å². The van der Waals surface area contributed by atoms with E-state index in [1.165, 1.54) is 0 Å². The predicted molar refractivity (Wildman–Crippen MR) is 90.5 cm³/mol. The van der Waals surface area contributed by atoms with Gasteiger partial charge in [0.1, 0.15) is 5.71 Å². The lowest BCUT2D eigenvalue weighted by Crippen LogP contribution is -2.09. The Morgan fingerprint density at radius 2 is 1.65 bits per heavy atom. The number of hydrogen-bond acceptors (Lipinski definition) is 5. The van der Waals surface area contributed by atoms with Crippen LogP contribution in [-0.4, -0.2) is 15.9 Å². The molecule has 0 spiro atoms. The van der Waals surface area contributed by atoms with E-state index in [1.54, 1.807) is 0 Å². The van der Waals surface area contributed by atoms with Gasteiger partial charge in [0.05, 0.1) is 5.69 Å². The average molecular weight is 306 g/mol. The lowest BCUT2D eigenvalue weighted by molar-refractivity contribution is 0.364. The Labute approximate surface area is 135 Å². The van der Waals surface area contributed by atoms with Crippen LogP contribution in [0.3, 0.4) is 0 Å². The molecule has 3 aromatic rings. The molecule has 0 aliphatic heterocycles. The number of aromatic nitrogens is 2. The average Bonchev–Trinajstić information content (AvgIpc) is 3.07. The van der Waals surface area contributed by atoms with E-state index in [2.05, 4.69) is 20.7 Å². The van der Waals surface area contributed by atoms with Gasteiger partial charge >= 0.3 is 0 Å². The maximum absolute atomic E-state index is 5.31. The third kappa shape index (κ3) is 3.63. The molecule has 23 heavy (non-hydrogen) atoms. The molecule has 0 saturated heterocycles. The summed E-state index contributed by atoms with van der Waals surface area (Å²) in [6.07, 6.45) is 0. The van der Waals surface area contributed by atoms with Gasteiger partial charge in [0, 0.05) is 11.5 Å². The number of anilines is 1. The third-order valence-electron chi connectivity index (χ3n) is 3.27. The molecule has 0 unspecified atom stereocenters. The van der Waals surface area contributed by atoms with Crippen molar-refractivity contribution < 1.29 is 4.52 Å². The fraction of sp³-hybridized carbons (Fsp3) is 0.167. The van der Waals surface area contributed by atoms with Gasteiger partial charge in [0.25, 0.3) is 0 Å². The summed E-state index contributed by atoms with van der Waals surface area (Å²) in [6, 6.07) is 19.6. The largest absolute Gasteiger partial charge is 0.339 e. The molecule has 1 N–H and O–H groups in total. The summed E-state index contributed by atoms with van der Waals surface area (Å²) < 4.78 is 5.31. The van der Waals surface area contributed by atoms with Gasteiger partial charge in [-0.25, -0.2) is 0 Å². The molecule has 0 bridgehead atoms. The first-order valence-electron chi connectivity index (χ1n) is 7.52. The van der Waals surface area contributed by atoms with Crippen LogP contribution in [0, 0.1) is 0 Å². The first-order valence-corrected chi connectivity index (χ1v) is 7.52.